The highest BCUT2D eigenvalue weighted by Crippen LogP contribution is 2.30. The Kier molecular flexibility index (Phi) is 4.94. The monoisotopic (exact) mass is 287 g/mol. The van der Waals surface area contributed by atoms with Gasteiger partial charge in [0.25, 0.3) is 0 Å². The molecule has 0 spiro atoms. The summed E-state index contributed by atoms with van der Waals surface area (Å²) in [4.78, 5) is 5.25. The van der Waals surface area contributed by atoms with Crippen molar-refractivity contribution in [2.75, 3.05) is 33.2 Å². The summed E-state index contributed by atoms with van der Waals surface area (Å²) in [6.07, 6.45) is 5.12. The van der Waals surface area contributed by atoms with Crippen molar-refractivity contribution in [3.05, 3.63) is 35.4 Å². The van der Waals surface area contributed by atoms with Crippen LogP contribution >= 0.6 is 0 Å². The highest BCUT2D eigenvalue weighted by atomic mass is 15.2. The van der Waals surface area contributed by atoms with Crippen LogP contribution in [0.25, 0.3) is 0 Å². The van der Waals surface area contributed by atoms with Crippen LogP contribution in [0.5, 0.6) is 0 Å². The quantitative estimate of drug-likeness (QED) is 0.920. The molecule has 2 atom stereocenters. The van der Waals surface area contributed by atoms with Gasteiger partial charge in [0.15, 0.2) is 0 Å². The highest BCUT2D eigenvalue weighted by Gasteiger charge is 2.34. The number of nitrogens with two attached hydrogens (primary N) is 1. The summed E-state index contributed by atoms with van der Waals surface area (Å²) in [5.41, 5.74) is 8.66. The lowest BCUT2D eigenvalue weighted by atomic mass is 9.84. The van der Waals surface area contributed by atoms with Gasteiger partial charge in [-0.05, 0) is 69.4 Å². The van der Waals surface area contributed by atoms with Crippen molar-refractivity contribution in [3.63, 3.8) is 0 Å². The molecule has 21 heavy (non-hydrogen) atoms. The van der Waals surface area contributed by atoms with E-state index in [1.807, 2.05) is 0 Å². The Hall–Kier alpha value is -0.900. The van der Waals surface area contributed by atoms with Gasteiger partial charge in [0.05, 0.1) is 0 Å². The topological polar surface area (TPSA) is 32.5 Å². The van der Waals surface area contributed by atoms with E-state index in [1.165, 1.54) is 50.0 Å². The van der Waals surface area contributed by atoms with Crippen LogP contribution < -0.4 is 5.73 Å². The first-order valence-corrected chi connectivity index (χ1v) is 8.47. The molecule has 0 amide bonds. The van der Waals surface area contributed by atoms with Crippen LogP contribution in [0.15, 0.2) is 24.3 Å². The number of hydrogen-bond acceptors (Lipinski definition) is 3. The van der Waals surface area contributed by atoms with Gasteiger partial charge in [-0.2, -0.15) is 0 Å². The summed E-state index contributed by atoms with van der Waals surface area (Å²) < 4.78 is 0. The molecule has 2 fully saturated rings. The molecule has 116 valence electrons. The highest BCUT2D eigenvalue weighted by molar-refractivity contribution is 5.27. The van der Waals surface area contributed by atoms with E-state index in [0.717, 1.165) is 31.5 Å². The maximum Gasteiger partial charge on any atom is 0.0236 e. The van der Waals surface area contributed by atoms with Crippen LogP contribution in [0.1, 0.15) is 30.4 Å². The Labute approximate surface area is 129 Å². The van der Waals surface area contributed by atoms with E-state index in [0.29, 0.717) is 0 Å². The average molecular weight is 287 g/mol. The van der Waals surface area contributed by atoms with Gasteiger partial charge in [0, 0.05) is 19.1 Å². The van der Waals surface area contributed by atoms with Crippen LogP contribution in [0.4, 0.5) is 0 Å². The molecule has 2 aliphatic heterocycles. The molecule has 1 aromatic carbocycles. The predicted molar refractivity (Wildman–Crippen MR) is 88.2 cm³/mol. The van der Waals surface area contributed by atoms with E-state index in [2.05, 4.69) is 41.1 Å². The van der Waals surface area contributed by atoms with Gasteiger partial charge < -0.3 is 10.6 Å². The molecule has 2 heterocycles. The lowest BCUT2D eigenvalue weighted by Crippen LogP contribution is -2.52. The van der Waals surface area contributed by atoms with Crippen LogP contribution in [0, 0.1) is 5.92 Å². The standard InChI is InChI=1S/C18H29N3/c1-20-11-4-7-17-14-21(12-9-18(17)20)13-16-6-3-2-5-15(16)8-10-19/h2-3,5-6,17-18H,4,7-14,19H2,1H3. The van der Waals surface area contributed by atoms with E-state index >= 15 is 0 Å². The fourth-order valence-corrected chi connectivity index (χ4v) is 4.22. The Morgan fingerprint density at radius 1 is 1.14 bits per heavy atom. The van der Waals surface area contributed by atoms with Crippen molar-refractivity contribution in [1.29, 1.82) is 0 Å². The Balaban J connectivity index is 1.64. The van der Waals surface area contributed by atoms with Crippen molar-refractivity contribution < 1.29 is 0 Å². The average Bonchev–Trinajstić information content (AvgIpc) is 2.50. The number of likely N-dealkylation sites (tertiary alicyclic amines) is 2. The number of nitrogens with zero attached hydrogens (tertiary/aromatic N) is 2. The van der Waals surface area contributed by atoms with Crippen LogP contribution in [0.3, 0.4) is 0 Å². The summed E-state index contributed by atoms with van der Waals surface area (Å²) in [5.74, 6) is 0.874. The van der Waals surface area contributed by atoms with Gasteiger partial charge in [-0.1, -0.05) is 24.3 Å². The molecule has 2 aliphatic rings. The van der Waals surface area contributed by atoms with Crippen molar-refractivity contribution in [1.82, 2.24) is 9.80 Å². The molecule has 3 rings (SSSR count). The van der Waals surface area contributed by atoms with E-state index in [9.17, 15) is 0 Å². The summed E-state index contributed by atoms with van der Waals surface area (Å²) in [5, 5.41) is 0. The first-order valence-electron chi connectivity index (χ1n) is 8.47. The Morgan fingerprint density at radius 2 is 1.95 bits per heavy atom. The van der Waals surface area contributed by atoms with Crippen LogP contribution in [0.2, 0.25) is 0 Å². The van der Waals surface area contributed by atoms with Gasteiger partial charge in [0.2, 0.25) is 0 Å². The molecule has 0 aromatic heterocycles. The second-order valence-electron chi connectivity index (χ2n) is 6.78. The third-order valence-corrected chi connectivity index (χ3v) is 5.36. The van der Waals surface area contributed by atoms with Crippen molar-refractivity contribution >= 4 is 0 Å². The van der Waals surface area contributed by atoms with Gasteiger partial charge in [-0.15, -0.1) is 0 Å². The molecule has 1 aromatic rings. The smallest absolute Gasteiger partial charge is 0.0236 e. The fraction of sp³-hybridized carbons (Fsp3) is 0.667. The van der Waals surface area contributed by atoms with Crippen molar-refractivity contribution in [3.8, 4) is 0 Å². The third-order valence-electron chi connectivity index (χ3n) is 5.36. The maximum atomic E-state index is 5.75. The zero-order chi connectivity index (χ0) is 14.7. The molecular weight excluding hydrogens is 258 g/mol. The van der Waals surface area contributed by atoms with Gasteiger partial charge in [-0.25, -0.2) is 0 Å². The van der Waals surface area contributed by atoms with Crippen LogP contribution in [-0.2, 0) is 13.0 Å². The first-order chi connectivity index (χ1) is 10.3. The zero-order valence-electron chi connectivity index (χ0n) is 13.3. The summed E-state index contributed by atoms with van der Waals surface area (Å²) in [6, 6.07) is 9.65. The van der Waals surface area contributed by atoms with Gasteiger partial charge in [-0.3, -0.25) is 4.90 Å². The van der Waals surface area contributed by atoms with E-state index < -0.39 is 0 Å². The lowest BCUT2D eigenvalue weighted by molar-refractivity contribution is 0.0354. The minimum atomic E-state index is 0.743. The van der Waals surface area contributed by atoms with E-state index in [1.54, 1.807) is 0 Å². The third kappa shape index (κ3) is 3.47. The zero-order valence-corrected chi connectivity index (χ0v) is 13.3. The van der Waals surface area contributed by atoms with E-state index in [4.69, 9.17) is 5.73 Å². The van der Waals surface area contributed by atoms with E-state index in [-0.39, 0.29) is 0 Å². The van der Waals surface area contributed by atoms with Crippen molar-refractivity contribution in [2.24, 2.45) is 11.7 Å². The first kappa shape index (κ1) is 15.0. The lowest BCUT2D eigenvalue weighted by Gasteiger charge is -2.46. The van der Waals surface area contributed by atoms with Gasteiger partial charge in [0.1, 0.15) is 0 Å². The molecule has 2 unspecified atom stereocenters. The Morgan fingerprint density at radius 3 is 2.76 bits per heavy atom. The number of hydrogen-bond donors (Lipinski definition) is 1. The molecule has 2 saturated heterocycles. The summed E-state index contributed by atoms with van der Waals surface area (Å²) >= 11 is 0. The molecule has 0 saturated carbocycles. The number of fused-ring (bicyclic) bond motifs is 1. The SMILES string of the molecule is CN1CCCC2CN(Cc3ccccc3CCN)CCC21. The molecule has 2 N–H and O–H groups in total. The Bertz CT molecular complexity index is 460. The van der Waals surface area contributed by atoms with Crippen molar-refractivity contribution in [2.45, 2.75) is 38.3 Å². The normalized spacial score (nSPS) is 27.5. The molecular formula is C18H29N3. The predicted octanol–water partition coefficient (Wildman–Crippen LogP) is 2.10. The molecule has 3 nitrogen and oxygen atoms in total. The number of rotatable bonds is 4. The minimum absolute atomic E-state index is 0.743. The fourth-order valence-electron chi connectivity index (χ4n) is 4.22. The summed E-state index contributed by atoms with van der Waals surface area (Å²) in [6.45, 7) is 5.64. The molecule has 0 bridgehead atoms. The second-order valence-corrected chi connectivity index (χ2v) is 6.78. The molecule has 0 aliphatic carbocycles. The molecule has 0 radical (unpaired) electrons. The second kappa shape index (κ2) is 6.91. The van der Waals surface area contributed by atoms with Crippen LogP contribution in [-0.4, -0.2) is 49.1 Å². The minimum Gasteiger partial charge on any atom is -0.330 e. The van der Waals surface area contributed by atoms with Gasteiger partial charge >= 0.3 is 0 Å². The largest absolute Gasteiger partial charge is 0.330 e. The maximum absolute atomic E-state index is 5.75. The number of piperidine rings is 2. The molecule has 3 heteroatoms. The summed E-state index contributed by atoms with van der Waals surface area (Å²) in [7, 11) is 2.31. The number of benzene rings is 1.